The van der Waals surface area contributed by atoms with Gasteiger partial charge in [-0.1, -0.05) is 13.8 Å². The highest BCUT2D eigenvalue weighted by Gasteiger charge is 2.24. The molecule has 3 N–H and O–H groups in total. The van der Waals surface area contributed by atoms with Crippen LogP contribution in [0.15, 0.2) is 4.99 Å². The molecule has 0 spiro atoms. The van der Waals surface area contributed by atoms with Crippen LogP contribution >= 0.6 is 0 Å². The minimum absolute atomic E-state index is 0.0263. The van der Waals surface area contributed by atoms with Crippen molar-refractivity contribution < 1.29 is 9.53 Å². The van der Waals surface area contributed by atoms with Crippen molar-refractivity contribution in [1.29, 1.82) is 0 Å². The van der Waals surface area contributed by atoms with E-state index in [1.807, 2.05) is 13.8 Å². The van der Waals surface area contributed by atoms with Gasteiger partial charge in [-0.3, -0.25) is 9.79 Å². The number of guanidine groups is 1. The van der Waals surface area contributed by atoms with E-state index in [9.17, 15) is 4.79 Å². The summed E-state index contributed by atoms with van der Waals surface area (Å²) in [7, 11) is 1.79. The lowest BCUT2D eigenvalue weighted by molar-refractivity contribution is -0.123. The summed E-state index contributed by atoms with van der Waals surface area (Å²) in [6.07, 6.45) is 3.48. The van der Waals surface area contributed by atoms with Crippen LogP contribution in [0.5, 0.6) is 0 Å². The Kier molecular flexibility index (Phi) is 8.48. The van der Waals surface area contributed by atoms with Crippen molar-refractivity contribution in [3.8, 4) is 0 Å². The van der Waals surface area contributed by atoms with Crippen LogP contribution in [0.3, 0.4) is 0 Å². The molecule has 0 radical (unpaired) electrons. The number of nitrogens with zero attached hydrogens (tertiary/aromatic N) is 2. The molecule has 0 aromatic carbocycles. The number of hydrogen-bond donors (Lipinski definition) is 3. The standard InChI is InChI=1S/C18H35N5O2/c1-14(2)17(24)20-7-8-21-18(19-3)22-16-4-9-23(10-5-16)12-15-6-11-25-13-15/h14-16H,4-13H2,1-3H3,(H,20,24)(H2,19,21,22). The van der Waals surface area contributed by atoms with Crippen molar-refractivity contribution in [3.05, 3.63) is 0 Å². The first-order chi connectivity index (χ1) is 12.1. The quantitative estimate of drug-likeness (QED) is 0.351. The van der Waals surface area contributed by atoms with Crippen LogP contribution in [0, 0.1) is 11.8 Å². The number of carbonyl (C=O) groups excluding carboxylic acids is 1. The summed E-state index contributed by atoms with van der Waals surface area (Å²) >= 11 is 0. The van der Waals surface area contributed by atoms with Crippen LogP contribution in [-0.4, -0.2) is 75.8 Å². The second-order valence-electron chi connectivity index (χ2n) is 7.39. The highest BCUT2D eigenvalue weighted by atomic mass is 16.5. The molecule has 1 amide bonds. The van der Waals surface area contributed by atoms with E-state index in [2.05, 4.69) is 25.8 Å². The Morgan fingerprint density at radius 1 is 1.20 bits per heavy atom. The molecule has 1 unspecified atom stereocenters. The number of rotatable bonds is 7. The highest BCUT2D eigenvalue weighted by molar-refractivity contribution is 5.80. The third kappa shape index (κ3) is 7.20. The van der Waals surface area contributed by atoms with Crippen LogP contribution in [-0.2, 0) is 9.53 Å². The molecule has 0 aromatic rings. The fourth-order valence-corrected chi connectivity index (χ4v) is 3.31. The molecular weight excluding hydrogens is 318 g/mol. The SMILES string of the molecule is CN=C(NCCNC(=O)C(C)C)NC1CCN(CC2CCOC2)CC1. The third-order valence-electron chi connectivity index (χ3n) is 4.93. The number of carbonyl (C=O) groups is 1. The zero-order chi connectivity index (χ0) is 18.1. The summed E-state index contributed by atoms with van der Waals surface area (Å²) in [6.45, 7) is 10.4. The number of aliphatic imine (C=N–C) groups is 1. The highest BCUT2D eigenvalue weighted by Crippen LogP contribution is 2.17. The molecule has 25 heavy (non-hydrogen) atoms. The summed E-state index contributed by atoms with van der Waals surface area (Å²) in [5, 5.41) is 9.68. The van der Waals surface area contributed by atoms with Gasteiger partial charge in [0, 0.05) is 58.3 Å². The molecule has 2 fully saturated rings. The van der Waals surface area contributed by atoms with Gasteiger partial charge in [-0.05, 0) is 25.2 Å². The minimum Gasteiger partial charge on any atom is -0.381 e. The summed E-state index contributed by atoms with van der Waals surface area (Å²) in [5.41, 5.74) is 0. The lowest BCUT2D eigenvalue weighted by Gasteiger charge is -2.34. The first kappa shape index (κ1) is 20.0. The van der Waals surface area contributed by atoms with Crippen molar-refractivity contribution in [2.45, 2.75) is 39.2 Å². The van der Waals surface area contributed by atoms with Crippen LogP contribution < -0.4 is 16.0 Å². The maximum Gasteiger partial charge on any atom is 0.222 e. The predicted octanol–water partition coefficient (Wildman–Crippen LogP) is 0.425. The normalized spacial score (nSPS) is 23.0. The van der Waals surface area contributed by atoms with Gasteiger partial charge in [0.1, 0.15) is 0 Å². The Balaban J connectivity index is 1.59. The van der Waals surface area contributed by atoms with Crippen LogP contribution in [0.1, 0.15) is 33.1 Å². The molecule has 2 saturated heterocycles. The zero-order valence-electron chi connectivity index (χ0n) is 16.0. The molecule has 0 bridgehead atoms. The molecule has 144 valence electrons. The maximum absolute atomic E-state index is 11.5. The van der Waals surface area contributed by atoms with Crippen LogP contribution in [0.4, 0.5) is 0 Å². The largest absolute Gasteiger partial charge is 0.381 e. The second-order valence-corrected chi connectivity index (χ2v) is 7.39. The van der Waals surface area contributed by atoms with E-state index in [0.717, 1.165) is 51.0 Å². The average molecular weight is 354 g/mol. The number of likely N-dealkylation sites (tertiary alicyclic amines) is 1. The fourth-order valence-electron chi connectivity index (χ4n) is 3.31. The molecule has 0 saturated carbocycles. The van der Waals surface area contributed by atoms with Crippen LogP contribution in [0.25, 0.3) is 0 Å². The Bertz CT molecular complexity index is 427. The van der Waals surface area contributed by atoms with Gasteiger partial charge >= 0.3 is 0 Å². The van der Waals surface area contributed by atoms with Gasteiger partial charge in [-0.15, -0.1) is 0 Å². The van der Waals surface area contributed by atoms with Gasteiger partial charge in [0.15, 0.2) is 5.96 Å². The molecule has 1 atom stereocenters. The number of ether oxygens (including phenoxy) is 1. The van der Waals surface area contributed by atoms with Gasteiger partial charge in [0.05, 0.1) is 6.61 Å². The lowest BCUT2D eigenvalue weighted by Crippen LogP contribution is -2.50. The van der Waals surface area contributed by atoms with E-state index < -0.39 is 0 Å². The Morgan fingerprint density at radius 3 is 2.52 bits per heavy atom. The molecule has 0 aromatic heterocycles. The van der Waals surface area contributed by atoms with Crippen molar-refractivity contribution in [2.75, 3.05) is 53.0 Å². The molecule has 2 aliphatic rings. The molecule has 7 nitrogen and oxygen atoms in total. The van der Waals surface area contributed by atoms with Gasteiger partial charge in [-0.25, -0.2) is 0 Å². The Labute approximate surface area is 152 Å². The van der Waals surface area contributed by atoms with E-state index in [0.29, 0.717) is 19.1 Å². The maximum atomic E-state index is 11.5. The van der Waals surface area contributed by atoms with Crippen molar-refractivity contribution >= 4 is 11.9 Å². The lowest BCUT2D eigenvalue weighted by atomic mass is 10.0. The first-order valence-electron chi connectivity index (χ1n) is 9.63. The van der Waals surface area contributed by atoms with Gasteiger partial charge in [0.25, 0.3) is 0 Å². The van der Waals surface area contributed by atoms with E-state index in [-0.39, 0.29) is 11.8 Å². The number of piperidine rings is 1. The van der Waals surface area contributed by atoms with Crippen LogP contribution in [0.2, 0.25) is 0 Å². The molecule has 2 rings (SSSR count). The molecular formula is C18H35N5O2. The van der Waals surface area contributed by atoms with E-state index in [1.54, 1.807) is 7.05 Å². The minimum atomic E-state index is 0.0263. The van der Waals surface area contributed by atoms with Gasteiger partial charge < -0.3 is 25.6 Å². The second kappa shape index (κ2) is 10.6. The topological polar surface area (TPSA) is 78.0 Å². The monoisotopic (exact) mass is 353 g/mol. The third-order valence-corrected chi connectivity index (χ3v) is 4.93. The van der Waals surface area contributed by atoms with Crippen molar-refractivity contribution in [3.63, 3.8) is 0 Å². The molecule has 2 aliphatic heterocycles. The summed E-state index contributed by atoms with van der Waals surface area (Å²) in [5.74, 6) is 1.66. The number of hydrogen-bond acceptors (Lipinski definition) is 4. The van der Waals surface area contributed by atoms with E-state index in [4.69, 9.17) is 4.74 Å². The molecule has 2 heterocycles. The van der Waals surface area contributed by atoms with E-state index in [1.165, 1.54) is 13.0 Å². The van der Waals surface area contributed by atoms with Gasteiger partial charge in [-0.2, -0.15) is 0 Å². The van der Waals surface area contributed by atoms with E-state index >= 15 is 0 Å². The first-order valence-corrected chi connectivity index (χ1v) is 9.63. The van der Waals surface area contributed by atoms with Gasteiger partial charge in [0.2, 0.25) is 5.91 Å². The number of nitrogens with one attached hydrogen (secondary N) is 3. The summed E-state index contributed by atoms with van der Waals surface area (Å²) in [4.78, 5) is 18.4. The Morgan fingerprint density at radius 2 is 1.92 bits per heavy atom. The zero-order valence-corrected chi connectivity index (χ0v) is 16.0. The predicted molar refractivity (Wildman–Crippen MR) is 101 cm³/mol. The number of amides is 1. The van der Waals surface area contributed by atoms with Crippen molar-refractivity contribution in [1.82, 2.24) is 20.9 Å². The smallest absolute Gasteiger partial charge is 0.222 e. The summed E-state index contributed by atoms with van der Waals surface area (Å²) in [6, 6.07) is 0.465. The fraction of sp³-hybridized carbons (Fsp3) is 0.889. The Hall–Kier alpha value is -1.34. The van der Waals surface area contributed by atoms with Crippen molar-refractivity contribution in [2.24, 2.45) is 16.8 Å². The molecule has 0 aliphatic carbocycles. The summed E-state index contributed by atoms with van der Waals surface area (Å²) < 4.78 is 5.47. The average Bonchev–Trinajstić information content (AvgIpc) is 3.11. The molecule has 7 heteroatoms.